The molecule has 136 valence electrons. The van der Waals surface area contributed by atoms with Gasteiger partial charge in [0, 0.05) is 17.6 Å². The molecule has 7 heteroatoms. The van der Waals surface area contributed by atoms with Crippen LogP contribution in [-0.2, 0) is 0 Å². The van der Waals surface area contributed by atoms with Gasteiger partial charge in [0.1, 0.15) is 0 Å². The Kier molecular flexibility index (Phi) is 6.32. The summed E-state index contributed by atoms with van der Waals surface area (Å²) in [6.45, 7) is 10.2. The van der Waals surface area contributed by atoms with E-state index < -0.39 is 0 Å². The van der Waals surface area contributed by atoms with Crippen LogP contribution in [0.3, 0.4) is 0 Å². The van der Waals surface area contributed by atoms with Crippen LogP contribution >= 0.6 is 23.2 Å². The van der Waals surface area contributed by atoms with Crippen LogP contribution in [0, 0.1) is 5.92 Å². The highest BCUT2D eigenvalue weighted by molar-refractivity contribution is 6.31. The Hall–Kier alpha value is -0.650. The topological polar surface area (TPSA) is 53.9 Å². The van der Waals surface area contributed by atoms with Gasteiger partial charge in [-0.1, -0.05) is 12.8 Å². The van der Waals surface area contributed by atoms with E-state index in [0.717, 1.165) is 18.9 Å². The Labute approximate surface area is 155 Å². The molecule has 1 aromatic heterocycles. The van der Waals surface area contributed by atoms with Crippen molar-refractivity contribution in [1.29, 1.82) is 0 Å². The summed E-state index contributed by atoms with van der Waals surface area (Å²) < 4.78 is 0. The average Bonchev–Trinajstić information content (AvgIpc) is 2.42. The molecule has 0 aliphatic carbocycles. The van der Waals surface area contributed by atoms with Crippen molar-refractivity contribution in [2.24, 2.45) is 5.92 Å². The maximum Gasteiger partial charge on any atom is 0.228 e. The first-order valence-corrected chi connectivity index (χ1v) is 9.41. The Balaban J connectivity index is 1.74. The third-order valence-electron chi connectivity index (χ3n) is 5.30. The lowest BCUT2D eigenvalue weighted by Crippen LogP contribution is -2.58. The van der Waals surface area contributed by atoms with Crippen molar-refractivity contribution in [1.82, 2.24) is 19.9 Å². The second-order valence-corrected chi connectivity index (χ2v) is 8.75. The van der Waals surface area contributed by atoms with E-state index in [2.05, 4.69) is 59.9 Å². The summed E-state index contributed by atoms with van der Waals surface area (Å²) in [5, 5.41) is 3.40. The predicted molar refractivity (Wildman–Crippen MR) is 101 cm³/mol. The van der Waals surface area contributed by atoms with E-state index >= 15 is 0 Å². The van der Waals surface area contributed by atoms with Gasteiger partial charge in [-0.15, -0.1) is 0 Å². The molecule has 1 N–H and O–H groups in total. The van der Waals surface area contributed by atoms with Crippen LogP contribution in [0.4, 0.5) is 5.95 Å². The first kappa shape index (κ1) is 19.7. The molecule has 0 bridgehead atoms. The van der Waals surface area contributed by atoms with Gasteiger partial charge < -0.3 is 5.32 Å². The Morgan fingerprint density at radius 2 is 1.54 bits per heavy atom. The molecule has 0 aromatic carbocycles. The van der Waals surface area contributed by atoms with Crippen LogP contribution in [0.5, 0.6) is 0 Å². The summed E-state index contributed by atoms with van der Waals surface area (Å²) in [6.07, 6.45) is 6.06. The summed E-state index contributed by atoms with van der Waals surface area (Å²) in [5.74, 6) is 1.23. The average molecular weight is 374 g/mol. The second-order valence-electron chi connectivity index (χ2n) is 8.08. The zero-order chi connectivity index (χ0) is 18.0. The molecule has 24 heavy (non-hydrogen) atoms. The third kappa shape index (κ3) is 5.17. The van der Waals surface area contributed by atoms with E-state index in [1.807, 2.05) is 0 Å². The predicted octanol–water partition coefficient (Wildman–Crippen LogP) is 4.66. The van der Waals surface area contributed by atoms with E-state index in [0.29, 0.717) is 5.95 Å². The maximum atomic E-state index is 5.77. The zero-order valence-corrected chi connectivity index (χ0v) is 16.9. The molecule has 2 rings (SSSR count). The number of hydrogen-bond acceptors (Lipinski definition) is 5. The van der Waals surface area contributed by atoms with E-state index in [1.165, 1.54) is 25.7 Å². The van der Waals surface area contributed by atoms with Gasteiger partial charge in [-0.2, -0.15) is 15.0 Å². The Morgan fingerprint density at radius 3 is 2.08 bits per heavy atom. The number of nitrogens with one attached hydrogen (secondary N) is 1. The molecule has 1 saturated heterocycles. The van der Waals surface area contributed by atoms with Gasteiger partial charge >= 0.3 is 0 Å². The smallest absolute Gasteiger partial charge is 0.228 e. The standard InChI is InChI=1S/C17H29Cl2N5/c1-16(2)10-12(11-17(3,4)24(16)5)8-6-7-9-20-15-22-13(18)21-14(19)23-15/h12H,6-11H2,1-5H3,(H,20,21,22,23). The molecule has 0 saturated carbocycles. The molecular weight excluding hydrogens is 345 g/mol. The lowest BCUT2D eigenvalue weighted by atomic mass is 9.72. The fourth-order valence-corrected chi connectivity index (χ4v) is 4.31. The third-order valence-corrected chi connectivity index (χ3v) is 5.63. The Morgan fingerprint density at radius 1 is 1.00 bits per heavy atom. The van der Waals surface area contributed by atoms with Crippen molar-refractivity contribution >= 4 is 29.2 Å². The summed E-state index contributed by atoms with van der Waals surface area (Å²) in [7, 11) is 2.26. The number of aromatic nitrogens is 3. The number of rotatable bonds is 6. The lowest BCUT2D eigenvalue weighted by Gasteiger charge is -2.54. The van der Waals surface area contributed by atoms with Crippen LogP contribution in [0.2, 0.25) is 10.6 Å². The molecule has 1 aliphatic heterocycles. The monoisotopic (exact) mass is 373 g/mol. The highest BCUT2D eigenvalue weighted by Crippen LogP contribution is 2.41. The first-order chi connectivity index (χ1) is 11.1. The summed E-state index contributed by atoms with van der Waals surface area (Å²) in [6, 6.07) is 0. The molecule has 2 heterocycles. The SMILES string of the molecule is CN1C(C)(C)CC(CCCCNc2nc(Cl)nc(Cl)n2)CC1(C)C. The first-order valence-electron chi connectivity index (χ1n) is 8.65. The van der Waals surface area contributed by atoms with Gasteiger partial charge in [0.15, 0.2) is 0 Å². The minimum absolute atomic E-state index is 0.119. The minimum atomic E-state index is 0.119. The molecule has 0 unspecified atom stereocenters. The second kappa shape index (κ2) is 7.71. The number of anilines is 1. The molecule has 0 radical (unpaired) electrons. The molecule has 0 spiro atoms. The molecule has 0 amide bonds. The van der Waals surface area contributed by atoms with Gasteiger partial charge in [0.25, 0.3) is 0 Å². The molecule has 0 atom stereocenters. The number of unbranched alkanes of at least 4 members (excludes halogenated alkanes) is 1. The van der Waals surface area contributed by atoms with Crippen LogP contribution in [0.15, 0.2) is 0 Å². The minimum Gasteiger partial charge on any atom is -0.354 e. The summed E-state index contributed by atoms with van der Waals surface area (Å²) >= 11 is 11.5. The molecule has 1 fully saturated rings. The van der Waals surface area contributed by atoms with E-state index in [1.54, 1.807) is 0 Å². The quantitative estimate of drug-likeness (QED) is 0.734. The molecular formula is C17H29Cl2N5. The molecule has 1 aliphatic rings. The highest BCUT2D eigenvalue weighted by atomic mass is 35.5. The van der Waals surface area contributed by atoms with Gasteiger partial charge in [0.2, 0.25) is 16.5 Å². The zero-order valence-electron chi connectivity index (χ0n) is 15.4. The molecule has 5 nitrogen and oxygen atoms in total. The van der Waals surface area contributed by atoms with Crippen LogP contribution in [0.1, 0.15) is 59.8 Å². The van der Waals surface area contributed by atoms with Gasteiger partial charge in [-0.05, 0) is 83.1 Å². The summed E-state index contributed by atoms with van der Waals surface area (Å²) in [5.41, 5.74) is 0.534. The number of likely N-dealkylation sites (tertiary alicyclic amines) is 1. The van der Waals surface area contributed by atoms with E-state index in [4.69, 9.17) is 23.2 Å². The van der Waals surface area contributed by atoms with Gasteiger partial charge in [0.05, 0.1) is 0 Å². The number of nitrogens with zero attached hydrogens (tertiary/aromatic N) is 4. The van der Waals surface area contributed by atoms with Crippen molar-refractivity contribution in [2.75, 3.05) is 18.9 Å². The van der Waals surface area contributed by atoms with Crippen LogP contribution in [0.25, 0.3) is 0 Å². The van der Waals surface area contributed by atoms with Gasteiger partial charge in [-0.3, -0.25) is 4.90 Å². The number of piperidine rings is 1. The van der Waals surface area contributed by atoms with Crippen molar-refractivity contribution in [3.8, 4) is 0 Å². The van der Waals surface area contributed by atoms with Crippen LogP contribution < -0.4 is 5.32 Å². The van der Waals surface area contributed by atoms with E-state index in [-0.39, 0.29) is 21.6 Å². The highest BCUT2D eigenvalue weighted by Gasteiger charge is 2.42. The molecule has 1 aromatic rings. The van der Waals surface area contributed by atoms with Gasteiger partial charge in [-0.25, -0.2) is 0 Å². The Bertz CT molecular complexity index is 524. The summed E-state index contributed by atoms with van der Waals surface area (Å²) in [4.78, 5) is 14.3. The normalized spacial score (nSPS) is 21.0. The lowest BCUT2D eigenvalue weighted by molar-refractivity contribution is -0.0320. The van der Waals surface area contributed by atoms with Crippen molar-refractivity contribution in [3.63, 3.8) is 0 Å². The number of halogens is 2. The fraction of sp³-hybridized carbons (Fsp3) is 0.824. The van der Waals surface area contributed by atoms with E-state index in [9.17, 15) is 0 Å². The van der Waals surface area contributed by atoms with Crippen molar-refractivity contribution < 1.29 is 0 Å². The largest absolute Gasteiger partial charge is 0.354 e. The fourth-order valence-electron chi connectivity index (χ4n) is 3.95. The number of hydrogen-bond donors (Lipinski definition) is 1. The van der Waals surface area contributed by atoms with Crippen molar-refractivity contribution in [3.05, 3.63) is 10.6 Å². The van der Waals surface area contributed by atoms with Crippen LogP contribution in [-0.4, -0.2) is 44.5 Å². The maximum absolute atomic E-state index is 5.77. The van der Waals surface area contributed by atoms with Crippen molar-refractivity contribution in [2.45, 2.75) is 70.9 Å².